The van der Waals surface area contributed by atoms with E-state index in [2.05, 4.69) is 21.6 Å². The van der Waals surface area contributed by atoms with Crippen molar-refractivity contribution in [2.75, 3.05) is 7.11 Å². The van der Waals surface area contributed by atoms with Gasteiger partial charge < -0.3 is 9.30 Å². The summed E-state index contributed by atoms with van der Waals surface area (Å²) in [7, 11) is 3.62. The molecule has 7 heteroatoms. The summed E-state index contributed by atoms with van der Waals surface area (Å²) in [6, 6.07) is 9.66. The van der Waals surface area contributed by atoms with Crippen LogP contribution >= 0.6 is 23.1 Å². The van der Waals surface area contributed by atoms with Crippen LogP contribution in [0.25, 0.3) is 0 Å². The molecule has 3 rings (SSSR count). The number of thiophene rings is 1. The van der Waals surface area contributed by atoms with E-state index in [4.69, 9.17) is 4.74 Å². The van der Waals surface area contributed by atoms with Crippen LogP contribution in [0.5, 0.6) is 5.75 Å². The maximum Gasteiger partial charge on any atom is 0.191 e. The predicted octanol–water partition coefficient (Wildman–Crippen LogP) is 3.97. The molecule has 0 spiro atoms. The van der Waals surface area contributed by atoms with Crippen LogP contribution < -0.4 is 4.74 Å². The van der Waals surface area contributed by atoms with Gasteiger partial charge in [-0.3, -0.25) is 4.79 Å². The molecule has 0 aliphatic rings. The first-order chi connectivity index (χ1) is 12.1. The highest BCUT2D eigenvalue weighted by molar-refractivity contribution is 7.98. The standard InChI is InChI=1S/C18H19N3O2S2/c1-12(22)13-6-7-16(23-3)14(9-13)11-25-18-20-19-17(21(18)2)10-15-5-4-8-24-15/h4-9H,10-11H2,1-3H3. The average molecular weight is 374 g/mol. The van der Waals surface area contributed by atoms with Crippen molar-refractivity contribution in [2.45, 2.75) is 24.3 Å². The van der Waals surface area contributed by atoms with Crippen molar-refractivity contribution in [2.24, 2.45) is 7.05 Å². The van der Waals surface area contributed by atoms with E-state index in [0.717, 1.165) is 28.7 Å². The summed E-state index contributed by atoms with van der Waals surface area (Å²) in [5, 5.41) is 11.5. The van der Waals surface area contributed by atoms with Gasteiger partial charge in [0.2, 0.25) is 0 Å². The van der Waals surface area contributed by atoms with Crippen LogP contribution in [0.3, 0.4) is 0 Å². The summed E-state index contributed by atoms with van der Waals surface area (Å²) >= 11 is 3.30. The van der Waals surface area contributed by atoms with Crippen molar-refractivity contribution >= 4 is 28.9 Å². The van der Waals surface area contributed by atoms with Crippen LogP contribution in [0.1, 0.15) is 33.5 Å². The molecule has 0 saturated heterocycles. The Morgan fingerprint density at radius 3 is 2.84 bits per heavy atom. The summed E-state index contributed by atoms with van der Waals surface area (Å²) in [5.74, 6) is 2.42. The van der Waals surface area contributed by atoms with E-state index < -0.39 is 0 Å². The van der Waals surface area contributed by atoms with E-state index in [1.165, 1.54) is 4.88 Å². The number of ether oxygens (including phenoxy) is 1. The van der Waals surface area contributed by atoms with E-state index in [1.807, 2.05) is 29.8 Å². The second kappa shape index (κ2) is 7.84. The second-order valence-electron chi connectivity index (χ2n) is 5.59. The van der Waals surface area contributed by atoms with Crippen LogP contribution in [-0.2, 0) is 19.2 Å². The zero-order valence-corrected chi connectivity index (χ0v) is 16.0. The number of nitrogens with zero attached hydrogens (tertiary/aromatic N) is 3. The van der Waals surface area contributed by atoms with Crippen molar-refractivity contribution in [1.82, 2.24) is 14.8 Å². The minimum absolute atomic E-state index is 0.0470. The summed E-state index contributed by atoms with van der Waals surface area (Å²) in [6.45, 7) is 1.57. The fraction of sp³-hybridized carbons (Fsp3) is 0.278. The van der Waals surface area contributed by atoms with Crippen molar-refractivity contribution in [3.8, 4) is 5.75 Å². The van der Waals surface area contributed by atoms with Gasteiger partial charge in [-0.25, -0.2) is 0 Å². The Kier molecular flexibility index (Phi) is 5.55. The molecule has 130 valence electrons. The van der Waals surface area contributed by atoms with E-state index in [0.29, 0.717) is 11.3 Å². The lowest BCUT2D eigenvalue weighted by Crippen LogP contribution is -2.00. The van der Waals surface area contributed by atoms with Gasteiger partial charge >= 0.3 is 0 Å². The van der Waals surface area contributed by atoms with Gasteiger partial charge in [0.15, 0.2) is 10.9 Å². The molecule has 0 amide bonds. The molecule has 0 N–H and O–H groups in total. The first-order valence-electron chi connectivity index (χ1n) is 7.79. The molecule has 0 aliphatic heterocycles. The third-order valence-electron chi connectivity index (χ3n) is 3.88. The third-order valence-corrected chi connectivity index (χ3v) is 5.83. The van der Waals surface area contributed by atoms with Crippen molar-refractivity contribution in [1.29, 1.82) is 0 Å². The summed E-state index contributed by atoms with van der Waals surface area (Å²) in [6.07, 6.45) is 0.783. The number of aromatic nitrogens is 3. The molecule has 0 bridgehead atoms. The van der Waals surface area contributed by atoms with Gasteiger partial charge in [-0.2, -0.15) is 0 Å². The molecule has 0 atom stereocenters. The Morgan fingerprint density at radius 2 is 2.16 bits per heavy atom. The zero-order chi connectivity index (χ0) is 17.8. The minimum Gasteiger partial charge on any atom is -0.496 e. The number of ketones is 1. The number of carbonyl (C=O) groups excluding carboxylic acids is 1. The first-order valence-corrected chi connectivity index (χ1v) is 9.66. The molecule has 3 aromatic rings. The highest BCUT2D eigenvalue weighted by atomic mass is 32.2. The maximum absolute atomic E-state index is 11.6. The minimum atomic E-state index is 0.0470. The lowest BCUT2D eigenvalue weighted by atomic mass is 10.1. The molecular weight excluding hydrogens is 354 g/mol. The molecular formula is C18H19N3O2S2. The molecule has 1 aromatic carbocycles. The quantitative estimate of drug-likeness (QED) is 0.463. The average Bonchev–Trinajstić information content (AvgIpc) is 3.24. The zero-order valence-electron chi connectivity index (χ0n) is 14.4. The Bertz CT molecular complexity index is 873. The Hall–Kier alpha value is -2.12. The van der Waals surface area contributed by atoms with Crippen LogP contribution in [0.4, 0.5) is 0 Å². The summed E-state index contributed by atoms with van der Waals surface area (Å²) in [5.41, 5.74) is 1.66. The number of methoxy groups -OCH3 is 1. The number of thioether (sulfide) groups is 1. The van der Waals surface area contributed by atoms with Gasteiger partial charge in [-0.15, -0.1) is 21.5 Å². The van der Waals surface area contributed by atoms with Crippen molar-refractivity contribution in [3.63, 3.8) is 0 Å². The lowest BCUT2D eigenvalue weighted by molar-refractivity contribution is 0.101. The van der Waals surface area contributed by atoms with E-state index >= 15 is 0 Å². The molecule has 0 unspecified atom stereocenters. The fourth-order valence-corrected chi connectivity index (χ4v) is 4.06. The van der Waals surface area contributed by atoms with Gasteiger partial charge in [0.1, 0.15) is 11.6 Å². The van der Waals surface area contributed by atoms with Crippen molar-refractivity contribution < 1.29 is 9.53 Å². The van der Waals surface area contributed by atoms with E-state index in [9.17, 15) is 4.79 Å². The monoisotopic (exact) mass is 373 g/mol. The van der Waals surface area contributed by atoms with Gasteiger partial charge in [0.05, 0.1) is 7.11 Å². The molecule has 2 aromatic heterocycles. The van der Waals surface area contributed by atoms with Gasteiger partial charge in [-0.1, -0.05) is 17.8 Å². The smallest absolute Gasteiger partial charge is 0.191 e. The molecule has 0 fully saturated rings. The van der Waals surface area contributed by atoms with Gasteiger partial charge in [0, 0.05) is 35.2 Å². The fourth-order valence-electron chi connectivity index (χ4n) is 2.45. The molecule has 5 nitrogen and oxygen atoms in total. The van der Waals surface area contributed by atoms with Crippen LogP contribution in [-0.4, -0.2) is 27.7 Å². The molecule has 0 aliphatic carbocycles. The van der Waals surface area contributed by atoms with E-state index in [-0.39, 0.29) is 5.78 Å². The molecule has 0 saturated carbocycles. The summed E-state index contributed by atoms with van der Waals surface area (Å²) in [4.78, 5) is 12.9. The van der Waals surface area contributed by atoms with Gasteiger partial charge in [0.25, 0.3) is 0 Å². The van der Waals surface area contributed by atoms with Crippen LogP contribution in [0, 0.1) is 0 Å². The molecule has 0 radical (unpaired) electrons. The topological polar surface area (TPSA) is 57.0 Å². The Labute approximate surface area is 155 Å². The number of rotatable bonds is 7. The number of Topliss-reactive ketones (excluding diaryl/α,β-unsaturated/α-hetero) is 1. The number of carbonyl (C=O) groups is 1. The Morgan fingerprint density at radius 1 is 1.32 bits per heavy atom. The summed E-state index contributed by atoms with van der Waals surface area (Å²) < 4.78 is 7.43. The highest BCUT2D eigenvalue weighted by Crippen LogP contribution is 2.28. The highest BCUT2D eigenvalue weighted by Gasteiger charge is 2.13. The normalized spacial score (nSPS) is 10.8. The van der Waals surface area contributed by atoms with E-state index in [1.54, 1.807) is 43.2 Å². The van der Waals surface area contributed by atoms with Crippen molar-refractivity contribution in [3.05, 3.63) is 57.5 Å². The lowest BCUT2D eigenvalue weighted by Gasteiger charge is -2.09. The second-order valence-corrected chi connectivity index (χ2v) is 7.56. The number of hydrogen-bond donors (Lipinski definition) is 0. The number of hydrogen-bond acceptors (Lipinski definition) is 6. The molecule has 2 heterocycles. The third kappa shape index (κ3) is 4.11. The van der Waals surface area contributed by atoms with Crippen LogP contribution in [0.2, 0.25) is 0 Å². The predicted molar refractivity (Wildman–Crippen MR) is 101 cm³/mol. The largest absolute Gasteiger partial charge is 0.496 e. The molecule has 25 heavy (non-hydrogen) atoms. The Balaban J connectivity index is 1.74. The SMILES string of the molecule is COc1ccc(C(C)=O)cc1CSc1nnc(Cc2cccs2)n1C. The van der Waals surface area contributed by atoms with Crippen LogP contribution in [0.15, 0.2) is 40.9 Å². The first kappa shape index (κ1) is 17.7. The maximum atomic E-state index is 11.6. The van der Waals surface area contributed by atoms with Gasteiger partial charge in [-0.05, 0) is 36.6 Å². The number of benzene rings is 1.